The first-order valence-corrected chi connectivity index (χ1v) is 8.49. The molecule has 114 valence electrons. The Kier molecular flexibility index (Phi) is 3.45. The molecule has 0 N–H and O–H groups in total. The molecule has 0 spiro atoms. The molecule has 0 bridgehead atoms. The molecule has 1 saturated heterocycles. The third-order valence-electron chi connectivity index (χ3n) is 3.88. The van der Waals surface area contributed by atoms with Gasteiger partial charge in [-0.1, -0.05) is 0 Å². The largest absolute Gasteiger partial charge is 0.465 e. The Bertz CT molecular complexity index is 756. The maximum Gasteiger partial charge on any atom is 0.247 e. The van der Waals surface area contributed by atoms with Crippen molar-refractivity contribution in [1.29, 1.82) is 0 Å². The van der Waals surface area contributed by atoms with Crippen molar-refractivity contribution in [3.05, 3.63) is 41.2 Å². The lowest BCUT2D eigenvalue weighted by Gasteiger charge is -2.22. The first kappa shape index (κ1) is 14.4. The Balaban J connectivity index is 2.00. The molecule has 2 aromatic heterocycles. The van der Waals surface area contributed by atoms with Crippen molar-refractivity contribution in [2.45, 2.75) is 44.6 Å². The van der Waals surface area contributed by atoms with Crippen molar-refractivity contribution in [2.75, 3.05) is 6.54 Å². The third kappa shape index (κ3) is 2.42. The van der Waals surface area contributed by atoms with Crippen LogP contribution in [0.4, 0.5) is 0 Å². The average Bonchev–Trinajstić information content (AvgIpc) is 3.08. The van der Waals surface area contributed by atoms with Crippen molar-refractivity contribution in [3.63, 3.8) is 0 Å². The summed E-state index contributed by atoms with van der Waals surface area (Å²) in [7, 11) is -3.56. The van der Waals surface area contributed by atoms with Crippen molar-refractivity contribution in [2.24, 2.45) is 0 Å². The van der Waals surface area contributed by atoms with Crippen LogP contribution in [-0.4, -0.2) is 19.3 Å². The predicted molar refractivity (Wildman–Crippen MR) is 77.5 cm³/mol. The highest BCUT2D eigenvalue weighted by molar-refractivity contribution is 7.89. The van der Waals surface area contributed by atoms with Gasteiger partial charge < -0.3 is 8.83 Å². The van der Waals surface area contributed by atoms with Gasteiger partial charge in [-0.3, -0.25) is 0 Å². The van der Waals surface area contributed by atoms with E-state index in [-0.39, 0.29) is 10.9 Å². The molecular formula is C15H19NO4S. The minimum Gasteiger partial charge on any atom is -0.465 e. The van der Waals surface area contributed by atoms with Crippen LogP contribution in [0.5, 0.6) is 0 Å². The smallest absolute Gasteiger partial charge is 0.247 e. The van der Waals surface area contributed by atoms with E-state index in [0.717, 1.165) is 18.6 Å². The maximum atomic E-state index is 12.9. The maximum absolute atomic E-state index is 12.9. The van der Waals surface area contributed by atoms with Crippen LogP contribution in [0, 0.1) is 20.8 Å². The molecule has 3 heterocycles. The zero-order valence-electron chi connectivity index (χ0n) is 12.4. The minimum atomic E-state index is -3.56. The molecule has 1 aliphatic rings. The zero-order chi connectivity index (χ0) is 15.2. The van der Waals surface area contributed by atoms with E-state index in [9.17, 15) is 8.42 Å². The summed E-state index contributed by atoms with van der Waals surface area (Å²) < 4.78 is 38.3. The Morgan fingerprint density at radius 3 is 2.48 bits per heavy atom. The van der Waals surface area contributed by atoms with Crippen LogP contribution in [-0.2, 0) is 10.0 Å². The standard InChI is InChI=1S/C15H19NO4S/c1-10-6-7-14(20-10)13-5-4-8-16(13)21(17,18)15-9-11(2)19-12(15)3/h6-7,9,13H,4-5,8H2,1-3H3. The first-order valence-electron chi connectivity index (χ1n) is 7.05. The fourth-order valence-electron chi connectivity index (χ4n) is 2.93. The normalized spacial score (nSPS) is 20.2. The molecule has 21 heavy (non-hydrogen) atoms. The molecule has 0 aromatic carbocycles. The van der Waals surface area contributed by atoms with E-state index in [1.54, 1.807) is 19.9 Å². The predicted octanol–water partition coefficient (Wildman–Crippen LogP) is 3.32. The highest BCUT2D eigenvalue weighted by Gasteiger charge is 2.39. The van der Waals surface area contributed by atoms with E-state index in [1.165, 1.54) is 4.31 Å². The fraction of sp³-hybridized carbons (Fsp3) is 0.467. The Morgan fingerprint density at radius 1 is 1.14 bits per heavy atom. The van der Waals surface area contributed by atoms with Gasteiger partial charge in [0.15, 0.2) is 0 Å². The van der Waals surface area contributed by atoms with Crippen LogP contribution in [0.25, 0.3) is 0 Å². The van der Waals surface area contributed by atoms with Gasteiger partial charge in [0.1, 0.15) is 27.9 Å². The summed E-state index contributed by atoms with van der Waals surface area (Å²) in [5.74, 6) is 2.56. The topological polar surface area (TPSA) is 63.7 Å². The molecule has 5 nitrogen and oxygen atoms in total. The molecular weight excluding hydrogens is 290 g/mol. The summed E-state index contributed by atoms with van der Waals surface area (Å²) in [5, 5.41) is 0. The quantitative estimate of drug-likeness (QED) is 0.872. The first-order chi connectivity index (χ1) is 9.89. The lowest BCUT2D eigenvalue weighted by molar-refractivity contribution is 0.333. The van der Waals surface area contributed by atoms with Crippen molar-refractivity contribution in [3.8, 4) is 0 Å². The highest BCUT2D eigenvalue weighted by atomic mass is 32.2. The third-order valence-corrected chi connectivity index (χ3v) is 5.89. The second kappa shape index (κ2) is 5.03. The van der Waals surface area contributed by atoms with E-state index >= 15 is 0 Å². The van der Waals surface area contributed by atoms with E-state index < -0.39 is 10.0 Å². The van der Waals surface area contributed by atoms with Gasteiger partial charge in [-0.15, -0.1) is 0 Å². The summed E-state index contributed by atoms with van der Waals surface area (Å²) in [5.41, 5.74) is 0. The summed E-state index contributed by atoms with van der Waals surface area (Å²) >= 11 is 0. The number of hydrogen-bond donors (Lipinski definition) is 0. The SMILES string of the molecule is Cc1ccc(C2CCCN2S(=O)(=O)c2cc(C)oc2C)o1. The molecule has 1 aliphatic heterocycles. The Hall–Kier alpha value is -1.53. The zero-order valence-corrected chi connectivity index (χ0v) is 13.2. The highest BCUT2D eigenvalue weighted by Crippen LogP contribution is 2.38. The number of aryl methyl sites for hydroxylation is 3. The van der Waals surface area contributed by atoms with Crippen LogP contribution in [0.15, 0.2) is 31.9 Å². The van der Waals surface area contributed by atoms with Crippen LogP contribution < -0.4 is 0 Å². The molecule has 1 unspecified atom stereocenters. The van der Waals surface area contributed by atoms with Gasteiger partial charge >= 0.3 is 0 Å². The number of sulfonamides is 1. The average molecular weight is 309 g/mol. The van der Waals surface area contributed by atoms with Crippen LogP contribution in [0.1, 0.15) is 41.9 Å². The number of rotatable bonds is 3. The molecule has 1 atom stereocenters. The lowest BCUT2D eigenvalue weighted by Crippen LogP contribution is -2.30. The van der Waals surface area contributed by atoms with Gasteiger partial charge in [0.25, 0.3) is 0 Å². The van der Waals surface area contributed by atoms with E-state index in [4.69, 9.17) is 8.83 Å². The number of hydrogen-bond acceptors (Lipinski definition) is 4. The summed E-state index contributed by atoms with van der Waals surface area (Å²) in [4.78, 5) is 0.259. The molecule has 1 fully saturated rings. The van der Waals surface area contributed by atoms with Gasteiger partial charge in [-0.25, -0.2) is 8.42 Å². The van der Waals surface area contributed by atoms with Crippen molar-refractivity contribution < 1.29 is 17.3 Å². The summed E-state index contributed by atoms with van der Waals surface area (Å²) in [6.45, 7) is 5.81. The molecule has 2 aromatic rings. The number of nitrogens with zero attached hydrogens (tertiary/aromatic N) is 1. The lowest BCUT2D eigenvalue weighted by atomic mass is 10.2. The molecule has 0 amide bonds. The van der Waals surface area contributed by atoms with E-state index in [1.807, 2.05) is 19.1 Å². The van der Waals surface area contributed by atoms with Crippen LogP contribution in [0.3, 0.4) is 0 Å². The molecule has 0 radical (unpaired) electrons. The van der Waals surface area contributed by atoms with Crippen LogP contribution >= 0.6 is 0 Å². The monoisotopic (exact) mass is 309 g/mol. The minimum absolute atomic E-state index is 0.224. The summed E-state index contributed by atoms with van der Waals surface area (Å²) in [6.07, 6.45) is 1.61. The second-order valence-corrected chi connectivity index (χ2v) is 7.36. The Labute approximate surface area is 124 Å². The van der Waals surface area contributed by atoms with Gasteiger partial charge in [0.2, 0.25) is 10.0 Å². The fourth-order valence-corrected chi connectivity index (χ4v) is 4.82. The molecule has 3 rings (SSSR count). The van der Waals surface area contributed by atoms with Gasteiger partial charge in [0, 0.05) is 6.54 Å². The van der Waals surface area contributed by atoms with Gasteiger partial charge in [0.05, 0.1) is 6.04 Å². The van der Waals surface area contributed by atoms with Gasteiger partial charge in [-0.2, -0.15) is 4.31 Å². The van der Waals surface area contributed by atoms with E-state index in [2.05, 4.69) is 0 Å². The second-order valence-electron chi connectivity index (χ2n) is 5.50. The molecule has 0 aliphatic carbocycles. The van der Waals surface area contributed by atoms with Crippen molar-refractivity contribution in [1.82, 2.24) is 4.31 Å². The van der Waals surface area contributed by atoms with Gasteiger partial charge in [-0.05, 0) is 51.8 Å². The molecule has 6 heteroatoms. The Morgan fingerprint density at radius 2 is 1.90 bits per heavy atom. The summed E-state index contributed by atoms with van der Waals surface area (Å²) in [6, 6.07) is 5.10. The van der Waals surface area contributed by atoms with E-state index in [0.29, 0.717) is 23.8 Å². The number of furan rings is 2. The molecule has 0 saturated carbocycles. The van der Waals surface area contributed by atoms with Crippen LogP contribution in [0.2, 0.25) is 0 Å². The van der Waals surface area contributed by atoms with Crippen molar-refractivity contribution >= 4 is 10.0 Å².